The fourth-order valence-electron chi connectivity index (χ4n) is 5.17. The maximum absolute atomic E-state index is 13.3. The zero-order valence-corrected chi connectivity index (χ0v) is 18.9. The molecule has 7 nitrogen and oxygen atoms in total. The van der Waals surface area contributed by atoms with E-state index in [2.05, 4.69) is 18.7 Å². The van der Waals surface area contributed by atoms with E-state index in [1.54, 1.807) is 0 Å². The third-order valence-corrected chi connectivity index (χ3v) is 7.26. The molecule has 0 spiro atoms. The summed E-state index contributed by atoms with van der Waals surface area (Å²) >= 11 is 0. The van der Waals surface area contributed by atoms with Gasteiger partial charge in [-0.15, -0.1) is 0 Å². The second kappa shape index (κ2) is 9.05. The fourth-order valence-corrected chi connectivity index (χ4v) is 5.17. The van der Waals surface area contributed by atoms with E-state index < -0.39 is 5.97 Å². The lowest BCUT2D eigenvalue weighted by atomic mass is 9.94. The summed E-state index contributed by atoms with van der Waals surface area (Å²) in [5.74, 6) is 1.18. The smallest absolute Gasteiger partial charge is 0.307 e. The summed E-state index contributed by atoms with van der Waals surface area (Å²) in [4.78, 5) is 33.3. The number of hydrogen-bond acceptors (Lipinski definition) is 5. The first kappa shape index (κ1) is 21.9. The Hall–Kier alpha value is -2.31. The third kappa shape index (κ3) is 4.65. The highest BCUT2D eigenvalue weighted by atomic mass is 16.5. The van der Waals surface area contributed by atoms with Crippen molar-refractivity contribution < 1.29 is 19.4 Å². The summed E-state index contributed by atoms with van der Waals surface area (Å²) in [5, 5.41) is 9.26. The number of nitrogens with zero attached hydrogens (tertiary/aromatic N) is 3. The maximum atomic E-state index is 13.3. The lowest BCUT2D eigenvalue weighted by molar-refractivity contribution is -0.139. The van der Waals surface area contributed by atoms with Crippen molar-refractivity contribution >= 4 is 17.7 Å². The molecule has 1 unspecified atom stereocenters. The molecule has 1 amide bonds. The number of aromatic nitrogens is 1. The molecule has 3 atom stereocenters. The van der Waals surface area contributed by atoms with E-state index in [4.69, 9.17) is 9.72 Å². The van der Waals surface area contributed by atoms with Crippen molar-refractivity contribution in [1.29, 1.82) is 0 Å². The molecule has 7 heteroatoms. The largest absolute Gasteiger partial charge is 0.481 e. The quantitative estimate of drug-likeness (QED) is 0.679. The topological polar surface area (TPSA) is 83.0 Å². The summed E-state index contributed by atoms with van der Waals surface area (Å²) in [6.07, 6.45) is 6.60. The van der Waals surface area contributed by atoms with Gasteiger partial charge in [-0.1, -0.05) is 33.1 Å². The fraction of sp³-hybridized carbons (Fsp3) is 0.708. The highest BCUT2D eigenvalue weighted by Gasteiger charge is 2.60. The van der Waals surface area contributed by atoms with Gasteiger partial charge in [-0.05, 0) is 49.1 Å². The van der Waals surface area contributed by atoms with Crippen molar-refractivity contribution in [2.75, 3.05) is 31.6 Å². The number of carbonyl (C=O) groups excluding carboxylic acids is 1. The summed E-state index contributed by atoms with van der Waals surface area (Å²) < 4.78 is 6.02. The number of pyridine rings is 1. The minimum absolute atomic E-state index is 0.0271. The van der Waals surface area contributed by atoms with Crippen LogP contribution in [0.15, 0.2) is 12.1 Å². The number of anilines is 1. The number of carboxylic acid groups (broad SMARTS) is 1. The number of hydrogen-bond donors (Lipinski definition) is 1. The zero-order chi connectivity index (χ0) is 22.1. The molecule has 3 aliphatic rings. The van der Waals surface area contributed by atoms with Crippen molar-refractivity contribution in [3.8, 4) is 5.88 Å². The van der Waals surface area contributed by atoms with Crippen LogP contribution < -0.4 is 9.64 Å². The molecule has 0 radical (unpaired) electrons. The third-order valence-electron chi connectivity index (χ3n) is 7.26. The van der Waals surface area contributed by atoms with Gasteiger partial charge in [0.1, 0.15) is 11.4 Å². The van der Waals surface area contributed by atoms with Crippen LogP contribution in [0.1, 0.15) is 62.7 Å². The van der Waals surface area contributed by atoms with E-state index >= 15 is 0 Å². The molecule has 0 bridgehead atoms. The van der Waals surface area contributed by atoms with Crippen LogP contribution in [0.25, 0.3) is 0 Å². The van der Waals surface area contributed by atoms with Crippen LogP contribution in [-0.2, 0) is 4.79 Å². The Labute approximate surface area is 184 Å². The van der Waals surface area contributed by atoms with Crippen molar-refractivity contribution in [3.05, 3.63) is 17.7 Å². The first-order valence-corrected chi connectivity index (χ1v) is 11.8. The van der Waals surface area contributed by atoms with Gasteiger partial charge in [-0.2, -0.15) is 4.98 Å². The Morgan fingerprint density at radius 2 is 1.87 bits per heavy atom. The molecule has 0 aromatic carbocycles. The van der Waals surface area contributed by atoms with Crippen LogP contribution in [0.2, 0.25) is 0 Å². The van der Waals surface area contributed by atoms with Crippen LogP contribution in [0.5, 0.6) is 5.88 Å². The van der Waals surface area contributed by atoms with Crippen LogP contribution in [0.4, 0.5) is 5.82 Å². The van der Waals surface area contributed by atoms with Crippen LogP contribution >= 0.6 is 0 Å². The predicted molar refractivity (Wildman–Crippen MR) is 118 cm³/mol. The minimum Gasteiger partial charge on any atom is -0.481 e. The molecular weight excluding hydrogens is 394 g/mol. The van der Waals surface area contributed by atoms with E-state index in [1.165, 1.54) is 19.3 Å². The molecular formula is C24H35N3O4. The van der Waals surface area contributed by atoms with E-state index in [-0.39, 0.29) is 29.7 Å². The Bertz CT molecular complexity index is 809. The maximum Gasteiger partial charge on any atom is 0.307 e. The number of carboxylic acids is 1. The molecule has 1 saturated heterocycles. The molecule has 170 valence electrons. The summed E-state index contributed by atoms with van der Waals surface area (Å²) in [5.41, 5.74) is 0.522. The highest BCUT2D eigenvalue weighted by molar-refractivity contribution is 5.96. The molecule has 3 fully saturated rings. The van der Waals surface area contributed by atoms with Crippen LogP contribution in [-0.4, -0.2) is 59.7 Å². The van der Waals surface area contributed by atoms with Crippen molar-refractivity contribution in [2.24, 2.45) is 23.7 Å². The molecule has 31 heavy (non-hydrogen) atoms. The molecule has 1 aromatic heterocycles. The van der Waals surface area contributed by atoms with Gasteiger partial charge in [0, 0.05) is 26.2 Å². The minimum atomic E-state index is -0.688. The van der Waals surface area contributed by atoms with Crippen molar-refractivity contribution in [3.63, 3.8) is 0 Å². The number of carbonyl (C=O) groups is 2. The monoisotopic (exact) mass is 429 g/mol. The Balaban J connectivity index is 1.50. The average molecular weight is 430 g/mol. The Kier molecular flexibility index (Phi) is 6.39. The van der Waals surface area contributed by atoms with Gasteiger partial charge in [0.25, 0.3) is 5.91 Å². The molecule has 2 aliphatic carbocycles. The molecule has 2 saturated carbocycles. The molecule has 1 N–H and O–H groups in total. The molecule has 1 aromatic rings. The SMILES string of the molecule is CC(C)CCOc1nc(N2C[C@@H]3C(C(=O)O)[C@@H]3C2)ccc1C(=O)N(C)C1CCCCC1. The molecule has 2 heterocycles. The van der Waals surface area contributed by atoms with E-state index in [0.29, 0.717) is 37.1 Å². The lowest BCUT2D eigenvalue weighted by Gasteiger charge is -2.31. The van der Waals surface area contributed by atoms with Gasteiger partial charge < -0.3 is 19.6 Å². The number of amides is 1. The predicted octanol–water partition coefficient (Wildman–Crippen LogP) is 3.68. The van der Waals surface area contributed by atoms with Gasteiger partial charge in [0.15, 0.2) is 0 Å². The standard InChI is InChI=1S/C24H35N3O4/c1-15(2)11-12-31-22-17(23(28)26(3)16-7-5-4-6-8-16)9-10-20(25-22)27-13-18-19(14-27)21(18)24(29)30/h9-10,15-16,18-19,21H,4-8,11-14H2,1-3H3,(H,29,30)/t18-,19+,21?. The van der Waals surface area contributed by atoms with E-state index in [1.807, 2.05) is 24.1 Å². The van der Waals surface area contributed by atoms with Crippen LogP contribution in [0.3, 0.4) is 0 Å². The van der Waals surface area contributed by atoms with Crippen LogP contribution in [0, 0.1) is 23.7 Å². The van der Waals surface area contributed by atoms with Gasteiger partial charge in [0.05, 0.1) is 12.5 Å². The normalized spacial score (nSPS) is 25.4. The second-order valence-electron chi connectivity index (χ2n) is 9.86. The molecule has 4 rings (SSSR count). The summed E-state index contributed by atoms with van der Waals surface area (Å²) in [6.45, 7) is 6.22. The number of fused-ring (bicyclic) bond motifs is 1. The van der Waals surface area contributed by atoms with Gasteiger partial charge in [-0.25, -0.2) is 0 Å². The summed E-state index contributed by atoms with van der Waals surface area (Å²) in [6, 6.07) is 4.01. The van der Waals surface area contributed by atoms with Crippen molar-refractivity contribution in [2.45, 2.75) is 58.4 Å². The van der Waals surface area contributed by atoms with Crippen molar-refractivity contribution in [1.82, 2.24) is 9.88 Å². The van der Waals surface area contributed by atoms with E-state index in [0.717, 1.165) is 25.1 Å². The van der Waals surface area contributed by atoms with Gasteiger partial charge >= 0.3 is 5.97 Å². The summed E-state index contributed by atoms with van der Waals surface area (Å²) in [7, 11) is 1.89. The first-order chi connectivity index (χ1) is 14.9. The molecule has 1 aliphatic heterocycles. The van der Waals surface area contributed by atoms with E-state index in [9.17, 15) is 14.7 Å². The number of aliphatic carboxylic acids is 1. The Morgan fingerprint density at radius 1 is 1.19 bits per heavy atom. The second-order valence-corrected chi connectivity index (χ2v) is 9.86. The highest BCUT2D eigenvalue weighted by Crippen LogP contribution is 2.52. The Morgan fingerprint density at radius 3 is 2.48 bits per heavy atom. The first-order valence-electron chi connectivity index (χ1n) is 11.8. The van der Waals surface area contributed by atoms with Gasteiger partial charge in [0.2, 0.25) is 5.88 Å². The number of piperidine rings is 1. The number of ether oxygens (including phenoxy) is 1. The average Bonchev–Trinajstić information content (AvgIpc) is 3.28. The van der Waals surface area contributed by atoms with Gasteiger partial charge in [-0.3, -0.25) is 9.59 Å². The number of rotatable bonds is 8. The lowest BCUT2D eigenvalue weighted by Crippen LogP contribution is -2.38. The zero-order valence-electron chi connectivity index (χ0n) is 18.9.